The van der Waals surface area contributed by atoms with Crippen molar-refractivity contribution < 1.29 is 4.74 Å². The van der Waals surface area contributed by atoms with Crippen LogP contribution in [0.15, 0.2) is 36.5 Å². The van der Waals surface area contributed by atoms with Gasteiger partial charge in [-0.2, -0.15) is 0 Å². The van der Waals surface area contributed by atoms with Gasteiger partial charge in [-0.25, -0.2) is 0 Å². The molecule has 3 aliphatic rings. The Morgan fingerprint density at radius 2 is 2.17 bits per heavy atom. The Hall–Kier alpha value is -1.87. The van der Waals surface area contributed by atoms with Gasteiger partial charge in [-0.05, 0) is 48.6 Å². The molecule has 0 amide bonds. The van der Waals surface area contributed by atoms with E-state index in [9.17, 15) is 0 Å². The summed E-state index contributed by atoms with van der Waals surface area (Å²) in [5.41, 5.74) is 5.58. The van der Waals surface area contributed by atoms with Crippen LogP contribution in [0.25, 0.3) is 0 Å². The van der Waals surface area contributed by atoms with Crippen LogP contribution in [0.3, 0.4) is 0 Å². The second-order valence-electron chi connectivity index (χ2n) is 7.24. The van der Waals surface area contributed by atoms with Crippen molar-refractivity contribution in [2.24, 2.45) is 0 Å². The first-order valence-corrected chi connectivity index (χ1v) is 8.76. The Morgan fingerprint density at radius 1 is 1.22 bits per heavy atom. The maximum Gasteiger partial charge on any atom is 0.123 e. The van der Waals surface area contributed by atoms with Gasteiger partial charge in [-0.3, -0.25) is 9.88 Å². The Balaban J connectivity index is 1.43. The predicted octanol–water partition coefficient (Wildman–Crippen LogP) is 3.67. The summed E-state index contributed by atoms with van der Waals surface area (Å²) in [5.74, 6) is 1.08. The molecule has 3 atom stereocenters. The van der Waals surface area contributed by atoms with Gasteiger partial charge >= 0.3 is 0 Å². The second-order valence-corrected chi connectivity index (χ2v) is 7.24. The average Bonchev–Trinajstić information content (AvgIpc) is 3.04. The fraction of sp³-hybridized carbons (Fsp3) is 0.450. The summed E-state index contributed by atoms with van der Waals surface area (Å²) in [6.45, 7) is 3.19. The molecule has 0 aliphatic carbocycles. The first-order valence-electron chi connectivity index (χ1n) is 8.76. The quantitative estimate of drug-likeness (QED) is 0.846. The number of ether oxygens (including phenoxy) is 1. The molecule has 1 fully saturated rings. The first-order chi connectivity index (χ1) is 11.3. The lowest BCUT2D eigenvalue weighted by atomic mass is 9.97. The molecule has 3 unspecified atom stereocenters. The summed E-state index contributed by atoms with van der Waals surface area (Å²) in [6.07, 6.45) is 6.99. The molecule has 3 nitrogen and oxygen atoms in total. The van der Waals surface area contributed by atoms with E-state index in [1.165, 1.54) is 35.2 Å². The van der Waals surface area contributed by atoms with Crippen LogP contribution in [0, 0.1) is 0 Å². The fourth-order valence-electron chi connectivity index (χ4n) is 4.66. The lowest BCUT2D eigenvalue weighted by molar-refractivity contribution is 0.166. The summed E-state index contributed by atoms with van der Waals surface area (Å²) < 4.78 is 5.83. The minimum atomic E-state index is 0.323. The van der Waals surface area contributed by atoms with E-state index in [0.29, 0.717) is 18.2 Å². The zero-order chi connectivity index (χ0) is 15.4. The zero-order valence-corrected chi connectivity index (χ0v) is 13.5. The van der Waals surface area contributed by atoms with Crippen molar-refractivity contribution in [2.45, 2.75) is 57.3 Å². The van der Waals surface area contributed by atoms with Gasteiger partial charge in [0, 0.05) is 43.4 Å². The smallest absolute Gasteiger partial charge is 0.123 e. The van der Waals surface area contributed by atoms with E-state index in [2.05, 4.69) is 47.1 Å². The maximum atomic E-state index is 5.83. The van der Waals surface area contributed by atoms with Gasteiger partial charge in [0.15, 0.2) is 0 Å². The number of fused-ring (bicyclic) bond motifs is 5. The van der Waals surface area contributed by atoms with E-state index in [-0.39, 0.29) is 0 Å². The molecule has 1 aromatic carbocycles. The standard InChI is InChI=1S/C20H22N2O/c1-13-9-15-10-14(4-7-20(15)23-13)12-22-16-5-6-19(22)17-3-2-8-21-18(17)11-16/h2-4,7-8,10,13,16,19H,5-6,9,11-12H2,1H3. The van der Waals surface area contributed by atoms with Gasteiger partial charge in [-0.1, -0.05) is 18.2 Å². The van der Waals surface area contributed by atoms with Crippen LogP contribution in [0.1, 0.15) is 48.2 Å². The van der Waals surface area contributed by atoms with Gasteiger partial charge in [0.05, 0.1) is 0 Å². The Morgan fingerprint density at radius 3 is 3.13 bits per heavy atom. The minimum Gasteiger partial charge on any atom is -0.490 e. The summed E-state index contributed by atoms with van der Waals surface area (Å²) in [7, 11) is 0. The molecule has 0 spiro atoms. The van der Waals surface area contributed by atoms with Crippen LogP contribution in [0.5, 0.6) is 5.75 Å². The average molecular weight is 306 g/mol. The molecule has 2 aromatic rings. The molecule has 3 heteroatoms. The van der Waals surface area contributed by atoms with Gasteiger partial charge < -0.3 is 4.74 Å². The molecule has 1 saturated heterocycles. The van der Waals surface area contributed by atoms with Crippen LogP contribution in [0.4, 0.5) is 0 Å². The molecule has 0 saturated carbocycles. The zero-order valence-electron chi connectivity index (χ0n) is 13.5. The highest BCUT2D eigenvalue weighted by Gasteiger charge is 2.40. The third kappa shape index (κ3) is 2.18. The Bertz CT molecular complexity index is 757. The maximum absolute atomic E-state index is 5.83. The third-order valence-corrected chi connectivity index (χ3v) is 5.68. The molecule has 1 aromatic heterocycles. The highest BCUT2D eigenvalue weighted by molar-refractivity contribution is 5.41. The lowest BCUT2D eigenvalue weighted by Gasteiger charge is -2.35. The number of hydrogen-bond donors (Lipinski definition) is 0. The largest absolute Gasteiger partial charge is 0.490 e. The van der Waals surface area contributed by atoms with Crippen molar-refractivity contribution in [1.82, 2.24) is 9.88 Å². The molecule has 0 radical (unpaired) electrons. The van der Waals surface area contributed by atoms with Crippen LogP contribution >= 0.6 is 0 Å². The monoisotopic (exact) mass is 306 g/mol. The number of benzene rings is 1. The van der Waals surface area contributed by atoms with Crippen LogP contribution < -0.4 is 4.74 Å². The normalized spacial score (nSPS) is 28.3. The number of nitrogens with zero attached hydrogens (tertiary/aromatic N) is 2. The Kier molecular flexibility index (Phi) is 2.99. The van der Waals surface area contributed by atoms with E-state index >= 15 is 0 Å². The van der Waals surface area contributed by atoms with Crippen LogP contribution in [0.2, 0.25) is 0 Å². The summed E-state index contributed by atoms with van der Waals surface area (Å²) in [5, 5.41) is 0. The molecule has 4 heterocycles. The molecule has 3 aliphatic heterocycles. The van der Waals surface area contributed by atoms with Crippen molar-refractivity contribution in [3.05, 3.63) is 58.9 Å². The Labute approximate surface area is 137 Å². The minimum absolute atomic E-state index is 0.323. The number of pyridine rings is 1. The topological polar surface area (TPSA) is 25.4 Å². The van der Waals surface area contributed by atoms with E-state index in [1.807, 2.05) is 6.20 Å². The van der Waals surface area contributed by atoms with Crippen molar-refractivity contribution in [2.75, 3.05) is 0 Å². The first kappa shape index (κ1) is 13.6. The van der Waals surface area contributed by atoms with E-state index in [1.54, 1.807) is 0 Å². The van der Waals surface area contributed by atoms with Crippen molar-refractivity contribution in [3.63, 3.8) is 0 Å². The van der Waals surface area contributed by atoms with Crippen molar-refractivity contribution in [1.29, 1.82) is 0 Å². The molecular weight excluding hydrogens is 284 g/mol. The third-order valence-electron chi connectivity index (χ3n) is 5.68. The van der Waals surface area contributed by atoms with E-state index in [0.717, 1.165) is 25.1 Å². The number of aromatic nitrogens is 1. The lowest BCUT2D eigenvalue weighted by Crippen LogP contribution is -2.37. The van der Waals surface area contributed by atoms with Crippen molar-refractivity contribution >= 4 is 0 Å². The van der Waals surface area contributed by atoms with Gasteiger partial charge in [-0.15, -0.1) is 0 Å². The summed E-state index contributed by atoms with van der Waals surface area (Å²) in [4.78, 5) is 7.31. The second kappa shape index (κ2) is 5.07. The summed E-state index contributed by atoms with van der Waals surface area (Å²) >= 11 is 0. The van der Waals surface area contributed by atoms with Gasteiger partial charge in [0.2, 0.25) is 0 Å². The molecule has 118 valence electrons. The summed E-state index contributed by atoms with van der Waals surface area (Å²) in [6, 6.07) is 12.3. The van der Waals surface area contributed by atoms with Crippen molar-refractivity contribution in [3.8, 4) is 5.75 Å². The molecule has 23 heavy (non-hydrogen) atoms. The van der Waals surface area contributed by atoms with Crippen LogP contribution in [-0.4, -0.2) is 22.0 Å². The van der Waals surface area contributed by atoms with Gasteiger partial charge in [0.25, 0.3) is 0 Å². The molecule has 0 N–H and O–H groups in total. The molecule has 5 rings (SSSR count). The van der Waals surface area contributed by atoms with Gasteiger partial charge in [0.1, 0.15) is 11.9 Å². The molecule has 2 bridgehead atoms. The SMILES string of the molecule is CC1Cc2cc(CN3C4CCC3c3cccnc3C4)ccc2O1. The molecular formula is C20H22N2O. The van der Waals surface area contributed by atoms with E-state index in [4.69, 9.17) is 4.74 Å². The highest BCUT2D eigenvalue weighted by Crippen LogP contribution is 2.44. The highest BCUT2D eigenvalue weighted by atomic mass is 16.5. The van der Waals surface area contributed by atoms with Crippen LogP contribution in [-0.2, 0) is 19.4 Å². The number of hydrogen-bond acceptors (Lipinski definition) is 3. The van der Waals surface area contributed by atoms with E-state index < -0.39 is 0 Å². The number of rotatable bonds is 2. The fourth-order valence-corrected chi connectivity index (χ4v) is 4.66. The predicted molar refractivity (Wildman–Crippen MR) is 89.5 cm³/mol.